The molecule has 4 rings (SSSR count). The van der Waals surface area contributed by atoms with Gasteiger partial charge < -0.3 is 19.7 Å². The minimum atomic E-state index is -3.81. The van der Waals surface area contributed by atoms with Crippen LogP contribution in [0.25, 0.3) is 0 Å². The van der Waals surface area contributed by atoms with Gasteiger partial charge in [0.2, 0.25) is 15.9 Å². The molecule has 0 aliphatic carbocycles. The lowest BCUT2D eigenvalue weighted by atomic mass is 10.1. The highest BCUT2D eigenvalue weighted by Gasteiger charge is 2.26. The zero-order valence-electron chi connectivity index (χ0n) is 16.0. The van der Waals surface area contributed by atoms with Gasteiger partial charge in [0.1, 0.15) is 17.3 Å². The number of hydrogen-bond donors (Lipinski definition) is 2. The Morgan fingerprint density at radius 1 is 1.21 bits per heavy atom. The fraction of sp³-hybridized carbons (Fsp3) is 0.368. The highest BCUT2D eigenvalue weighted by atomic mass is 32.2. The number of nitrogens with one attached hydrogen (secondary N) is 2. The fourth-order valence-corrected chi connectivity index (χ4v) is 4.59. The summed E-state index contributed by atoms with van der Waals surface area (Å²) < 4.78 is 39.2. The Hall–Kier alpha value is -2.85. The number of nitrogens with zero attached hydrogens (tertiary/aromatic N) is 2. The van der Waals surface area contributed by atoms with Crippen molar-refractivity contribution >= 4 is 27.3 Å². The second kappa shape index (κ2) is 7.88. The van der Waals surface area contributed by atoms with E-state index in [1.165, 1.54) is 13.2 Å². The Labute approximate surface area is 169 Å². The summed E-state index contributed by atoms with van der Waals surface area (Å²) in [5.74, 6) is 0.474. The summed E-state index contributed by atoms with van der Waals surface area (Å²) in [7, 11) is -2.42. The molecule has 10 heteroatoms. The lowest BCUT2D eigenvalue weighted by molar-refractivity contribution is 0.0953. The number of anilines is 2. The van der Waals surface area contributed by atoms with Gasteiger partial charge in [-0.15, -0.1) is 0 Å². The number of rotatable bonds is 1. The van der Waals surface area contributed by atoms with Crippen LogP contribution in [0.5, 0.6) is 11.6 Å². The van der Waals surface area contributed by atoms with Gasteiger partial charge in [0.05, 0.1) is 31.2 Å². The molecule has 1 amide bonds. The molecular formula is C19H22N4O5S. The van der Waals surface area contributed by atoms with Gasteiger partial charge >= 0.3 is 0 Å². The van der Waals surface area contributed by atoms with Crippen LogP contribution < -0.4 is 24.4 Å². The van der Waals surface area contributed by atoms with Crippen molar-refractivity contribution in [3.63, 3.8) is 0 Å². The Morgan fingerprint density at radius 2 is 2.03 bits per heavy atom. The average Bonchev–Trinajstić information content (AvgIpc) is 2.74. The molecule has 4 bridgehead atoms. The Bertz CT molecular complexity index is 1040. The van der Waals surface area contributed by atoms with E-state index in [0.29, 0.717) is 55.2 Å². The van der Waals surface area contributed by atoms with Crippen molar-refractivity contribution in [2.75, 3.05) is 38.3 Å². The van der Waals surface area contributed by atoms with Gasteiger partial charge in [-0.1, -0.05) is 0 Å². The van der Waals surface area contributed by atoms with Gasteiger partial charge in [-0.2, -0.15) is 0 Å². The van der Waals surface area contributed by atoms with E-state index in [-0.39, 0.29) is 23.2 Å². The van der Waals surface area contributed by atoms with Gasteiger partial charge in [-0.3, -0.25) is 4.79 Å². The van der Waals surface area contributed by atoms with E-state index >= 15 is 0 Å². The van der Waals surface area contributed by atoms with Crippen molar-refractivity contribution in [2.24, 2.45) is 0 Å². The minimum Gasteiger partial charge on any atom is -0.490 e. The van der Waals surface area contributed by atoms with E-state index in [4.69, 9.17) is 9.47 Å². The summed E-state index contributed by atoms with van der Waals surface area (Å²) in [6, 6.07) is 6.76. The van der Waals surface area contributed by atoms with Crippen molar-refractivity contribution in [1.82, 2.24) is 15.0 Å². The second-order valence-corrected chi connectivity index (χ2v) is 8.48. The topological polar surface area (TPSA) is 110 Å². The number of methoxy groups -OCH3 is 1. The predicted molar refractivity (Wildman–Crippen MR) is 106 cm³/mol. The van der Waals surface area contributed by atoms with Crippen LogP contribution in [0.2, 0.25) is 0 Å². The third-order valence-corrected chi connectivity index (χ3v) is 6.32. The van der Waals surface area contributed by atoms with Crippen LogP contribution in [0.15, 0.2) is 35.4 Å². The summed E-state index contributed by atoms with van der Waals surface area (Å²) in [5, 5.41) is 2.87. The molecule has 9 nitrogen and oxygen atoms in total. The molecule has 0 saturated heterocycles. The van der Waals surface area contributed by atoms with Gasteiger partial charge in [-0.05, 0) is 37.1 Å². The maximum Gasteiger partial charge on any atom is 0.251 e. The summed E-state index contributed by atoms with van der Waals surface area (Å²) in [4.78, 5) is 18.6. The molecule has 154 valence electrons. The molecule has 0 fully saturated rings. The molecular weight excluding hydrogens is 396 g/mol. The molecule has 29 heavy (non-hydrogen) atoms. The minimum absolute atomic E-state index is 0.0224. The van der Waals surface area contributed by atoms with Crippen LogP contribution in [0, 0.1) is 0 Å². The SMILES string of the molecule is COc1ncc2cc1S(=O)(=O)NCCCCNC(=O)c1ccc3c(c1)N2CCO3. The first kappa shape index (κ1) is 19.5. The average molecular weight is 418 g/mol. The van der Waals surface area contributed by atoms with Crippen molar-refractivity contribution in [1.29, 1.82) is 0 Å². The molecule has 2 aliphatic rings. The standard InChI is InChI=1S/C19H22N4O5S/c1-27-19-17-11-14(12-21-19)23-8-9-28-16-5-4-13(10-15(16)23)18(24)20-6-2-3-7-22-29(17,25)26/h4-5,10-12,22H,2-3,6-9H2,1H3,(H,20,24). The molecule has 2 N–H and O–H groups in total. The molecule has 0 radical (unpaired) electrons. The highest BCUT2D eigenvalue weighted by Crippen LogP contribution is 2.38. The van der Waals surface area contributed by atoms with Gasteiger partial charge in [-0.25, -0.2) is 18.1 Å². The third-order valence-electron chi connectivity index (χ3n) is 4.86. The number of benzene rings is 1. The Morgan fingerprint density at radius 3 is 2.86 bits per heavy atom. The molecule has 0 saturated carbocycles. The van der Waals surface area contributed by atoms with E-state index < -0.39 is 10.0 Å². The van der Waals surface area contributed by atoms with Crippen LogP contribution >= 0.6 is 0 Å². The van der Waals surface area contributed by atoms with Crippen LogP contribution in [0.1, 0.15) is 23.2 Å². The van der Waals surface area contributed by atoms with E-state index in [1.54, 1.807) is 24.4 Å². The monoisotopic (exact) mass is 418 g/mol. The van der Waals surface area contributed by atoms with Crippen molar-refractivity contribution in [3.8, 4) is 11.6 Å². The molecule has 0 atom stereocenters. The van der Waals surface area contributed by atoms with Crippen molar-refractivity contribution in [2.45, 2.75) is 17.7 Å². The molecule has 3 heterocycles. The highest BCUT2D eigenvalue weighted by molar-refractivity contribution is 7.89. The van der Waals surface area contributed by atoms with Gasteiger partial charge in [0.15, 0.2) is 0 Å². The molecule has 0 unspecified atom stereocenters. The van der Waals surface area contributed by atoms with E-state index in [9.17, 15) is 13.2 Å². The third kappa shape index (κ3) is 3.85. The maximum absolute atomic E-state index is 12.8. The second-order valence-electron chi connectivity index (χ2n) is 6.74. The summed E-state index contributed by atoms with van der Waals surface area (Å²) in [6.45, 7) is 1.61. The van der Waals surface area contributed by atoms with Gasteiger partial charge in [0.25, 0.3) is 5.91 Å². The smallest absolute Gasteiger partial charge is 0.251 e. The predicted octanol–water partition coefficient (Wildman–Crippen LogP) is 1.42. The zero-order valence-corrected chi connectivity index (χ0v) is 16.8. The number of ether oxygens (including phenoxy) is 2. The number of carbonyl (C=O) groups excluding carboxylic acids is 1. The summed E-state index contributed by atoms with van der Waals surface area (Å²) >= 11 is 0. The number of aromatic nitrogens is 1. The molecule has 0 spiro atoms. The van der Waals surface area contributed by atoms with Crippen LogP contribution in [0.4, 0.5) is 11.4 Å². The van der Waals surface area contributed by atoms with Gasteiger partial charge in [0, 0.05) is 18.7 Å². The Balaban J connectivity index is 1.86. The normalized spacial score (nSPS) is 18.7. The number of sulfonamides is 1. The first-order chi connectivity index (χ1) is 14.0. The summed E-state index contributed by atoms with van der Waals surface area (Å²) in [6.07, 6.45) is 2.78. The van der Waals surface area contributed by atoms with Crippen LogP contribution in [-0.2, 0) is 10.0 Å². The van der Waals surface area contributed by atoms with E-state index in [2.05, 4.69) is 15.0 Å². The summed E-state index contributed by atoms with van der Waals surface area (Å²) in [5.41, 5.74) is 1.77. The first-order valence-electron chi connectivity index (χ1n) is 9.36. The Kier molecular flexibility index (Phi) is 5.29. The first-order valence-corrected chi connectivity index (χ1v) is 10.8. The molecule has 1 aromatic carbocycles. The van der Waals surface area contributed by atoms with Crippen molar-refractivity contribution < 1.29 is 22.7 Å². The molecule has 1 aromatic heterocycles. The number of hydrogen-bond acceptors (Lipinski definition) is 7. The number of amides is 1. The lowest BCUT2D eigenvalue weighted by Gasteiger charge is -2.31. The van der Waals surface area contributed by atoms with E-state index in [1.807, 2.05) is 4.90 Å². The van der Waals surface area contributed by atoms with Crippen LogP contribution in [-0.4, -0.2) is 52.7 Å². The fourth-order valence-electron chi connectivity index (χ4n) is 3.38. The number of pyridine rings is 1. The largest absolute Gasteiger partial charge is 0.490 e. The molecule has 2 aliphatic heterocycles. The van der Waals surface area contributed by atoms with E-state index in [0.717, 1.165) is 0 Å². The molecule has 2 aromatic rings. The zero-order chi connectivity index (χ0) is 20.4. The quantitative estimate of drug-likeness (QED) is 0.721. The number of carbonyl (C=O) groups is 1. The number of fused-ring (bicyclic) bond motifs is 4. The maximum atomic E-state index is 12.8. The van der Waals surface area contributed by atoms with Crippen LogP contribution in [0.3, 0.4) is 0 Å². The lowest BCUT2D eigenvalue weighted by Crippen LogP contribution is -2.30. The van der Waals surface area contributed by atoms with Crippen molar-refractivity contribution in [3.05, 3.63) is 36.0 Å².